The van der Waals surface area contributed by atoms with Gasteiger partial charge in [0.25, 0.3) is 5.91 Å². The van der Waals surface area contributed by atoms with Gasteiger partial charge in [0, 0.05) is 24.6 Å². The van der Waals surface area contributed by atoms with Crippen LogP contribution >= 0.6 is 0 Å². The normalized spacial score (nSPS) is 18.8. The van der Waals surface area contributed by atoms with Crippen LogP contribution in [0, 0.1) is 13.8 Å². The van der Waals surface area contributed by atoms with Gasteiger partial charge in [-0.15, -0.1) is 0 Å². The highest BCUT2D eigenvalue weighted by atomic mass is 16.5. The minimum Gasteiger partial charge on any atom is -0.367 e. The minimum atomic E-state index is -0.221. The number of ether oxygens (including phenoxy) is 1. The molecule has 0 aromatic carbocycles. The van der Waals surface area contributed by atoms with Gasteiger partial charge in [0.15, 0.2) is 0 Å². The van der Waals surface area contributed by atoms with E-state index < -0.39 is 0 Å². The summed E-state index contributed by atoms with van der Waals surface area (Å²) in [4.78, 5) is 29.8. The maximum Gasteiger partial charge on any atom is 0.257 e. The van der Waals surface area contributed by atoms with Gasteiger partial charge < -0.3 is 14.6 Å². The molecule has 21 heavy (non-hydrogen) atoms. The number of carbonyl (C=O) groups is 1. The second kappa shape index (κ2) is 5.61. The van der Waals surface area contributed by atoms with Gasteiger partial charge in [-0.3, -0.25) is 4.79 Å². The Labute approximate surface area is 122 Å². The average molecular weight is 287 g/mol. The van der Waals surface area contributed by atoms with Crippen molar-refractivity contribution in [3.8, 4) is 0 Å². The van der Waals surface area contributed by atoms with Gasteiger partial charge in [-0.2, -0.15) is 0 Å². The molecule has 1 N–H and O–H groups in total. The number of imidazole rings is 1. The van der Waals surface area contributed by atoms with Crippen molar-refractivity contribution >= 4 is 5.91 Å². The van der Waals surface area contributed by atoms with Gasteiger partial charge in [0.2, 0.25) is 0 Å². The number of morpholine rings is 1. The van der Waals surface area contributed by atoms with Gasteiger partial charge in [-0.1, -0.05) is 0 Å². The van der Waals surface area contributed by atoms with E-state index in [1.807, 2.05) is 13.8 Å². The molecule has 3 heterocycles. The zero-order chi connectivity index (χ0) is 14.8. The largest absolute Gasteiger partial charge is 0.367 e. The summed E-state index contributed by atoms with van der Waals surface area (Å²) in [5.41, 5.74) is 2.20. The number of hydrogen-bond donors (Lipinski definition) is 1. The highest BCUT2D eigenvalue weighted by Crippen LogP contribution is 2.21. The van der Waals surface area contributed by atoms with E-state index in [4.69, 9.17) is 4.74 Å². The molecule has 0 radical (unpaired) electrons. The maximum atomic E-state index is 12.6. The monoisotopic (exact) mass is 287 g/mol. The fourth-order valence-corrected chi connectivity index (χ4v) is 2.37. The van der Waals surface area contributed by atoms with Gasteiger partial charge in [-0.25, -0.2) is 15.0 Å². The first-order valence-corrected chi connectivity index (χ1v) is 6.84. The van der Waals surface area contributed by atoms with Gasteiger partial charge in [0.1, 0.15) is 18.3 Å². The highest BCUT2D eigenvalue weighted by molar-refractivity contribution is 5.94. The van der Waals surface area contributed by atoms with E-state index in [1.54, 1.807) is 17.3 Å². The molecule has 1 aliphatic heterocycles. The third kappa shape index (κ3) is 2.78. The number of aryl methyl sites for hydroxylation is 2. The Hall–Kier alpha value is -2.28. The zero-order valence-corrected chi connectivity index (χ0v) is 12.0. The molecule has 1 atom stereocenters. The van der Waals surface area contributed by atoms with Crippen LogP contribution in [0.2, 0.25) is 0 Å². The Kier molecular flexibility index (Phi) is 3.66. The molecule has 0 bridgehead atoms. The first-order chi connectivity index (χ1) is 10.1. The number of hydrogen-bond acceptors (Lipinski definition) is 5. The predicted octanol–water partition coefficient (Wildman–Crippen LogP) is 1.03. The number of H-pyrrole nitrogens is 1. The Morgan fingerprint density at radius 3 is 2.95 bits per heavy atom. The summed E-state index contributed by atoms with van der Waals surface area (Å²) in [5.74, 6) is 0.690. The molecule has 7 nitrogen and oxygen atoms in total. The number of rotatable bonds is 2. The maximum absolute atomic E-state index is 12.6. The summed E-state index contributed by atoms with van der Waals surface area (Å²) < 4.78 is 5.70. The fraction of sp³-hybridized carbons (Fsp3) is 0.429. The molecule has 3 rings (SSSR count). The quantitative estimate of drug-likeness (QED) is 0.892. The second-order valence-corrected chi connectivity index (χ2v) is 5.08. The van der Waals surface area contributed by atoms with Crippen molar-refractivity contribution in [3.63, 3.8) is 0 Å². The molecule has 7 heteroatoms. The van der Waals surface area contributed by atoms with Crippen molar-refractivity contribution < 1.29 is 9.53 Å². The zero-order valence-electron chi connectivity index (χ0n) is 12.0. The standard InChI is InChI=1S/C14H17N5O2/c1-9-5-16-13(18-9)12-7-19(3-4-21-12)14(20)11-6-15-8-17-10(11)2/h5-6,8,12H,3-4,7H2,1-2H3,(H,16,18)/t12-/m1/s1. The van der Waals surface area contributed by atoms with Crippen LogP contribution < -0.4 is 0 Å². The minimum absolute atomic E-state index is 0.0651. The van der Waals surface area contributed by atoms with Crippen molar-refractivity contribution in [1.82, 2.24) is 24.8 Å². The lowest BCUT2D eigenvalue weighted by atomic mass is 10.2. The molecule has 110 valence electrons. The van der Waals surface area contributed by atoms with Gasteiger partial charge in [-0.05, 0) is 13.8 Å². The smallest absolute Gasteiger partial charge is 0.257 e. The van der Waals surface area contributed by atoms with E-state index >= 15 is 0 Å². The lowest BCUT2D eigenvalue weighted by Crippen LogP contribution is -2.42. The molecule has 1 aliphatic rings. The molecule has 1 amide bonds. The summed E-state index contributed by atoms with van der Waals surface area (Å²) in [5, 5.41) is 0. The molecule has 0 spiro atoms. The Bertz CT molecular complexity index is 654. The second-order valence-electron chi connectivity index (χ2n) is 5.08. The van der Waals surface area contributed by atoms with E-state index in [0.29, 0.717) is 31.0 Å². The van der Waals surface area contributed by atoms with E-state index in [1.165, 1.54) is 6.33 Å². The van der Waals surface area contributed by atoms with Crippen LogP contribution in [0.15, 0.2) is 18.7 Å². The summed E-state index contributed by atoms with van der Waals surface area (Å²) in [7, 11) is 0. The van der Waals surface area contributed by atoms with Gasteiger partial charge >= 0.3 is 0 Å². The first kappa shape index (κ1) is 13.7. The fourth-order valence-electron chi connectivity index (χ4n) is 2.37. The molecule has 2 aromatic heterocycles. The molecular formula is C14H17N5O2. The Morgan fingerprint density at radius 2 is 2.24 bits per heavy atom. The van der Waals surface area contributed by atoms with Crippen LogP contribution in [0.1, 0.15) is 33.7 Å². The van der Waals surface area contributed by atoms with Crippen molar-refractivity contribution in [2.75, 3.05) is 19.7 Å². The molecule has 2 aromatic rings. The average Bonchev–Trinajstić information content (AvgIpc) is 2.94. The molecule has 1 fully saturated rings. The number of aromatic nitrogens is 4. The van der Waals surface area contributed by atoms with Crippen molar-refractivity contribution in [3.05, 3.63) is 41.5 Å². The van der Waals surface area contributed by atoms with Crippen molar-refractivity contribution in [2.24, 2.45) is 0 Å². The van der Waals surface area contributed by atoms with E-state index in [0.717, 1.165) is 11.5 Å². The van der Waals surface area contributed by atoms with Crippen LogP contribution in [0.25, 0.3) is 0 Å². The van der Waals surface area contributed by atoms with E-state index in [-0.39, 0.29) is 12.0 Å². The van der Waals surface area contributed by atoms with Gasteiger partial charge in [0.05, 0.1) is 24.4 Å². The molecule has 1 saturated heterocycles. The Morgan fingerprint density at radius 1 is 1.38 bits per heavy atom. The predicted molar refractivity (Wildman–Crippen MR) is 74.7 cm³/mol. The van der Waals surface area contributed by atoms with Crippen LogP contribution in [0.3, 0.4) is 0 Å². The SMILES string of the molecule is Cc1cnc([C@H]2CN(C(=O)c3cncnc3C)CCO2)[nH]1. The number of amides is 1. The molecule has 0 unspecified atom stereocenters. The Balaban J connectivity index is 1.77. The van der Waals surface area contributed by atoms with Crippen LogP contribution in [-0.4, -0.2) is 50.4 Å². The summed E-state index contributed by atoms with van der Waals surface area (Å²) in [6, 6.07) is 0. The lowest BCUT2D eigenvalue weighted by molar-refractivity contribution is -0.0265. The summed E-state index contributed by atoms with van der Waals surface area (Å²) in [6.07, 6.45) is 4.54. The molecule has 0 aliphatic carbocycles. The van der Waals surface area contributed by atoms with Crippen LogP contribution in [0.4, 0.5) is 0 Å². The number of nitrogens with one attached hydrogen (secondary N) is 1. The summed E-state index contributed by atoms with van der Waals surface area (Å²) >= 11 is 0. The van der Waals surface area contributed by atoms with Crippen molar-refractivity contribution in [1.29, 1.82) is 0 Å². The molecule has 0 saturated carbocycles. The lowest BCUT2D eigenvalue weighted by Gasteiger charge is -2.32. The third-order valence-corrected chi connectivity index (χ3v) is 3.52. The highest BCUT2D eigenvalue weighted by Gasteiger charge is 2.28. The first-order valence-electron chi connectivity index (χ1n) is 6.84. The van der Waals surface area contributed by atoms with E-state index in [2.05, 4.69) is 19.9 Å². The number of nitrogens with zero attached hydrogens (tertiary/aromatic N) is 4. The third-order valence-electron chi connectivity index (χ3n) is 3.52. The molecular weight excluding hydrogens is 270 g/mol. The number of aromatic amines is 1. The van der Waals surface area contributed by atoms with Crippen molar-refractivity contribution in [2.45, 2.75) is 20.0 Å². The topological polar surface area (TPSA) is 84.0 Å². The van der Waals surface area contributed by atoms with Crippen LogP contribution in [-0.2, 0) is 4.74 Å². The summed E-state index contributed by atoms with van der Waals surface area (Å²) in [6.45, 7) is 5.27. The number of carbonyl (C=O) groups excluding carboxylic acids is 1. The van der Waals surface area contributed by atoms with Crippen LogP contribution in [0.5, 0.6) is 0 Å². The van der Waals surface area contributed by atoms with E-state index in [9.17, 15) is 4.79 Å².